The Hall–Kier alpha value is -2.43. The number of benzene rings is 1. The van der Waals surface area contributed by atoms with Crippen LogP contribution in [0.3, 0.4) is 0 Å². The zero-order chi connectivity index (χ0) is 20.2. The lowest BCUT2D eigenvalue weighted by Gasteiger charge is -2.34. The Morgan fingerprint density at radius 1 is 1.33 bits per heavy atom. The van der Waals surface area contributed by atoms with Crippen LogP contribution in [0.25, 0.3) is 0 Å². The maximum Gasteiger partial charge on any atom is 0.243 e. The molecule has 0 unspecified atom stereocenters. The Balaban J connectivity index is 2.06. The van der Waals surface area contributed by atoms with Crippen molar-refractivity contribution in [1.82, 2.24) is 15.5 Å². The quantitative estimate of drug-likeness (QED) is 0.708. The van der Waals surface area contributed by atoms with Gasteiger partial charge in [0.2, 0.25) is 11.8 Å². The van der Waals surface area contributed by atoms with Gasteiger partial charge in [0.25, 0.3) is 0 Å². The average Bonchev–Trinajstić information content (AvgIpc) is 3.01. The zero-order valence-corrected chi connectivity index (χ0v) is 16.3. The molecule has 3 atom stereocenters. The lowest BCUT2D eigenvalue weighted by molar-refractivity contribution is -0.142. The number of β-amino-alcohol motifs (C(OH)–C–C–N with tert-alkyl or cyclic N) is 1. The smallest absolute Gasteiger partial charge is 0.243 e. The van der Waals surface area contributed by atoms with Crippen molar-refractivity contribution in [2.75, 3.05) is 13.6 Å². The van der Waals surface area contributed by atoms with Crippen molar-refractivity contribution in [2.24, 2.45) is 5.41 Å². The fraction of sp³-hybridized carbons (Fsp3) is 0.550. The lowest BCUT2D eigenvalue weighted by Crippen LogP contribution is -2.55. The minimum atomic E-state index is -0.711. The van der Waals surface area contributed by atoms with Crippen LogP contribution in [0.15, 0.2) is 24.3 Å². The SMILES string of the molecule is CN[C@H](C(=O)N1C[C@H](O)C[C@H]1C(=O)NCc1ccc(C#N)cc1)C(C)(C)C. The fourth-order valence-corrected chi connectivity index (χ4v) is 3.40. The molecular formula is C20H28N4O3. The molecule has 0 radical (unpaired) electrons. The Labute approximate surface area is 160 Å². The average molecular weight is 372 g/mol. The van der Waals surface area contributed by atoms with E-state index in [1.165, 1.54) is 4.90 Å². The third kappa shape index (κ3) is 5.06. The molecule has 0 aliphatic carbocycles. The van der Waals surface area contributed by atoms with Gasteiger partial charge in [-0.05, 0) is 30.2 Å². The minimum absolute atomic E-state index is 0.155. The highest BCUT2D eigenvalue weighted by Crippen LogP contribution is 2.25. The van der Waals surface area contributed by atoms with Crippen LogP contribution in [0.2, 0.25) is 0 Å². The minimum Gasteiger partial charge on any atom is -0.391 e. The molecule has 7 nitrogen and oxygen atoms in total. The topological polar surface area (TPSA) is 105 Å². The van der Waals surface area contributed by atoms with Crippen molar-refractivity contribution in [3.8, 4) is 6.07 Å². The number of amides is 2. The van der Waals surface area contributed by atoms with Crippen molar-refractivity contribution in [2.45, 2.75) is 51.9 Å². The molecule has 2 rings (SSSR count). The highest BCUT2D eigenvalue weighted by atomic mass is 16.3. The van der Waals surface area contributed by atoms with E-state index in [1.54, 1.807) is 31.3 Å². The number of hydrogen-bond donors (Lipinski definition) is 3. The fourth-order valence-electron chi connectivity index (χ4n) is 3.40. The van der Waals surface area contributed by atoms with Crippen LogP contribution in [0.1, 0.15) is 38.3 Å². The van der Waals surface area contributed by atoms with Gasteiger partial charge in [0.05, 0.1) is 23.8 Å². The molecule has 7 heteroatoms. The first-order chi connectivity index (χ1) is 12.7. The number of carbonyl (C=O) groups excluding carboxylic acids is 2. The third-order valence-electron chi connectivity index (χ3n) is 4.82. The summed E-state index contributed by atoms with van der Waals surface area (Å²) in [5.41, 5.74) is 1.10. The predicted molar refractivity (Wildman–Crippen MR) is 101 cm³/mol. The highest BCUT2D eigenvalue weighted by molar-refractivity contribution is 5.91. The van der Waals surface area contributed by atoms with Crippen molar-refractivity contribution < 1.29 is 14.7 Å². The number of hydrogen-bond acceptors (Lipinski definition) is 5. The maximum absolute atomic E-state index is 13.0. The van der Waals surface area contributed by atoms with Crippen LogP contribution in [-0.4, -0.2) is 53.6 Å². The highest BCUT2D eigenvalue weighted by Gasteiger charge is 2.43. The number of aliphatic hydroxyl groups excluding tert-OH is 1. The first kappa shape index (κ1) is 20.9. The van der Waals surface area contributed by atoms with Crippen LogP contribution >= 0.6 is 0 Å². The number of rotatable bonds is 5. The molecule has 1 aliphatic rings. The van der Waals surface area contributed by atoms with Crippen molar-refractivity contribution in [1.29, 1.82) is 5.26 Å². The summed E-state index contributed by atoms with van der Waals surface area (Å²) in [5.74, 6) is -0.465. The second kappa shape index (κ2) is 8.51. The molecule has 1 aliphatic heterocycles. The van der Waals surface area contributed by atoms with Gasteiger partial charge in [-0.1, -0.05) is 32.9 Å². The van der Waals surface area contributed by atoms with Crippen LogP contribution in [0.4, 0.5) is 0 Å². The number of nitrogens with one attached hydrogen (secondary N) is 2. The van der Waals surface area contributed by atoms with E-state index in [9.17, 15) is 14.7 Å². The molecule has 0 spiro atoms. The van der Waals surface area contributed by atoms with Gasteiger partial charge in [-0.2, -0.15) is 5.26 Å². The summed E-state index contributed by atoms with van der Waals surface area (Å²) in [4.78, 5) is 27.1. The summed E-state index contributed by atoms with van der Waals surface area (Å²) in [5, 5.41) is 24.7. The molecule has 0 aromatic heterocycles. The number of carbonyl (C=O) groups is 2. The Bertz CT molecular complexity index is 718. The Kier molecular flexibility index (Phi) is 6.58. The van der Waals surface area contributed by atoms with E-state index in [1.807, 2.05) is 26.8 Å². The van der Waals surface area contributed by atoms with Crippen LogP contribution in [0, 0.1) is 16.7 Å². The summed E-state index contributed by atoms with van der Waals surface area (Å²) in [6.07, 6.45) is -0.483. The first-order valence-corrected chi connectivity index (χ1v) is 9.10. The van der Waals surface area contributed by atoms with Crippen molar-refractivity contribution in [3.05, 3.63) is 35.4 Å². The predicted octanol–water partition coefficient (Wildman–Crippen LogP) is 0.770. The van der Waals surface area contributed by atoms with E-state index in [4.69, 9.17) is 5.26 Å². The summed E-state index contributed by atoms with van der Waals surface area (Å²) >= 11 is 0. The van der Waals surface area contributed by atoms with E-state index in [0.717, 1.165) is 5.56 Å². The van der Waals surface area contributed by atoms with Gasteiger partial charge in [0.1, 0.15) is 6.04 Å². The maximum atomic E-state index is 13.0. The van der Waals surface area contributed by atoms with Gasteiger partial charge < -0.3 is 20.6 Å². The van der Waals surface area contributed by atoms with Crippen LogP contribution < -0.4 is 10.6 Å². The van der Waals surface area contributed by atoms with Crippen molar-refractivity contribution in [3.63, 3.8) is 0 Å². The van der Waals surface area contributed by atoms with Gasteiger partial charge >= 0.3 is 0 Å². The number of nitriles is 1. The molecule has 1 heterocycles. The molecular weight excluding hydrogens is 344 g/mol. The third-order valence-corrected chi connectivity index (χ3v) is 4.82. The van der Waals surface area contributed by atoms with Crippen LogP contribution in [-0.2, 0) is 16.1 Å². The molecule has 0 saturated carbocycles. The molecule has 1 fully saturated rings. The first-order valence-electron chi connectivity index (χ1n) is 9.10. The molecule has 27 heavy (non-hydrogen) atoms. The lowest BCUT2D eigenvalue weighted by atomic mass is 9.86. The number of likely N-dealkylation sites (tertiary alicyclic amines) is 1. The van der Waals surface area contributed by atoms with Gasteiger partial charge in [-0.25, -0.2) is 0 Å². The largest absolute Gasteiger partial charge is 0.391 e. The van der Waals surface area contributed by atoms with E-state index in [-0.39, 0.29) is 30.2 Å². The van der Waals surface area contributed by atoms with Gasteiger partial charge in [-0.15, -0.1) is 0 Å². The van der Waals surface area contributed by atoms with Crippen LogP contribution in [0.5, 0.6) is 0 Å². The molecule has 1 aromatic carbocycles. The standard InChI is InChI=1S/C20H28N4O3/c1-20(2,3)17(22-4)19(27)24-12-15(25)9-16(24)18(26)23-11-14-7-5-13(10-21)6-8-14/h5-8,15-17,22,25H,9,11-12H2,1-4H3,(H,23,26)/t15-,16+,17-/m1/s1. The monoisotopic (exact) mass is 372 g/mol. The van der Waals surface area contributed by atoms with E-state index >= 15 is 0 Å². The molecule has 1 aromatic rings. The molecule has 1 saturated heterocycles. The summed E-state index contributed by atoms with van der Waals surface area (Å²) in [6.45, 7) is 6.32. The molecule has 2 amide bonds. The van der Waals surface area contributed by atoms with Gasteiger partial charge in [0, 0.05) is 19.5 Å². The summed E-state index contributed by atoms with van der Waals surface area (Å²) in [7, 11) is 1.72. The summed E-state index contributed by atoms with van der Waals surface area (Å²) < 4.78 is 0. The van der Waals surface area contributed by atoms with Crippen molar-refractivity contribution >= 4 is 11.8 Å². The second-order valence-electron chi connectivity index (χ2n) is 8.01. The van der Waals surface area contributed by atoms with Gasteiger partial charge in [-0.3, -0.25) is 9.59 Å². The van der Waals surface area contributed by atoms with E-state index in [0.29, 0.717) is 12.1 Å². The number of nitrogens with zero attached hydrogens (tertiary/aromatic N) is 2. The Morgan fingerprint density at radius 3 is 2.48 bits per heavy atom. The summed E-state index contributed by atoms with van der Waals surface area (Å²) in [6, 6.07) is 7.85. The van der Waals surface area contributed by atoms with E-state index in [2.05, 4.69) is 10.6 Å². The molecule has 0 bridgehead atoms. The van der Waals surface area contributed by atoms with Gasteiger partial charge in [0.15, 0.2) is 0 Å². The molecule has 3 N–H and O–H groups in total. The normalized spacial score (nSPS) is 20.8. The number of aliphatic hydroxyl groups is 1. The zero-order valence-electron chi connectivity index (χ0n) is 16.3. The Morgan fingerprint density at radius 2 is 1.96 bits per heavy atom. The second-order valence-corrected chi connectivity index (χ2v) is 8.01. The van der Waals surface area contributed by atoms with E-state index < -0.39 is 18.2 Å². The number of likely N-dealkylation sites (N-methyl/N-ethyl adjacent to an activating group) is 1. The molecule has 146 valence electrons.